The van der Waals surface area contributed by atoms with Gasteiger partial charge in [0.2, 0.25) is 5.91 Å². The summed E-state index contributed by atoms with van der Waals surface area (Å²) >= 11 is 0. The topological polar surface area (TPSA) is 79.5 Å². The molecule has 8 heteroatoms. The number of anilines is 1. The second-order valence-corrected chi connectivity index (χ2v) is 5.26. The van der Waals surface area contributed by atoms with Gasteiger partial charge in [-0.05, 0) is 37.1 Å². The highest BCUT2D eigenvalue weighted by Gasteiger charge is 2.18. The van der Waals surface area contributed by atoms with E-state index in [0.29, 0.717) is 5.69 Å². The van der Waals surface area contributed by atoms with Crippen molar-refractivity contribution < 1.29 is 23.1 Å². The number of carbonyl (C=O) groups excluding carboxylic acids is 2. The van der Waals surface area contributed by atoms with Gasteiger partial charge in [-0.2, -0.15) is 8.78 Å². The number of hydrogen-bond donors (Lipinski definition) is 3. The van der Waals surface area contributed by atoms with E-state index in [1.165, 1.54) is 24.3 Å². The molecule has 1 saturated carbocycles. The number of carbonyl (C=O) groups is 2. The lowest BCUT2D eigenvalue weighted by molar-refractivity contribution is -0.118. The van der Waals surface area contributed by atoms with Crippen LogP contribution in [0.1, 0.15) is 25.7 Å². The molecule has 1 aliphatic rings. The number of ether oxygens (including phenoxy) is 1. The zero-order chi connectivity index (χ0) is 16.7. The van der Waals surface area contributed by atoms with Crippen molar-refractivity contribution in [3.8, 4) is 5.75 Å². The van der Waals surface area contributed by atoms with Gasteiger partial charge in [0.25, 0.3) is 0 Å². The first-order valence-corrected chi connectivity index (χ1v) is 7.42. The monoisotopic (exact) mass is 327 g/mol. The molecule has 23 heavy (non-hydrogen) atoms. The average molecular weight is 327 g/mol. The normalized spacial score (nSPS) is 14.6. The molecule has 0 atom stereocenters. The predicted molar refractivity (Wildman–Crippen MR) is 80.5 cm³/mol. The number of urea groups is 1. The third kappa shape index (κ3) is 6.09. The summed E-state index contributed by atoms with van der Waals surface area (Å²) in [5.41, 5.74) is 0.554. The molecule has 6 nitrogen and oxygen atoms in total. The van der Waals surface area contributed by atoms with Crippen LogP contribution in [-0.2, 0) is 4.79 Å². The van der Waals surface area contributed by atoms with E-state index in [4.69, 9.17) is 0 Å². The minimum absolute atomic E-state index is 0.0333. The number of hydrogen-bond acceptors (Lipinski definition) is 4. The largest absolute Gasteiger partial charge is 0.435 e. The summed E-state index contributed by atoms with van der Waals surface area (Å²) in [4.78, 5) is 23.3. The fourth-order valence-electron chi connectivity index (χ4n) is 2.40. The lowest BCUT2D eigenvalue weighted by Crippen LogP contribution is -2.45. The van der Waals surface area contributed by atoms with Gasteiger partial charge in [0, 0.05) is 11.7 Å². The smallest absolute Gasteiger partial charge is 0.387 e. The van der Waals surface area contributed by atoms with E-state index in [9.17, 15) is 18.4 Å². The fraction of sp³-hybridized carbons (Fsp3) is 0.467. The van der Waals surface area contributed by atoms with Crippen LogP contribution in [0, 0.1) is 0 Å². The molecule has 0 aromatic heterocycles. The molecule has 0 heterocycles. The Kier molecular flexibility index (Phi) is 6.13. The molecule has 0 bridgehead atoms. The molecule has 0 aliphatic heterocycles. The number of amides is 3. The summed E-state index contributed by atoms with van der Waals surface area (Å²) in [6.45, 7) is -2.98. The lowest BCUT2D eigenvalue weighted by atomic mass is 10.2. The number of halogens is 2. The van der Waals surface area contributed by atoms with Gasteiger partial charge in [0.15, 0.2) is 0 Å². The Morgan fingerprint density at radius 3 is 2.43 bits per heavy atom. The number of imide groups is 1. The second kappa shape index (κ2) is 8.30. The van der Waals surface area contributed by atoms with Crippen LogP contribution >= 0.6 is 0 Å². The molecule has 0 saturated heterocycles. The zero-order valence-corrected chi connectivity index (χ0v) is 12.5. The third-order valence-corrected chi connectivity index (χ3v) is 3.48. The fourth-order valence-corrected chi connectivity index (χ4v) is 2.40. The summed E-state index contributed by atoms with van der Waals surface area (Å²) < 4.78 is 28.2. The van der Waals surface area contributed by atoms with Crippen LogP contribution in [0.25, 0.3) is 0 Å². The van der Waals surface area contributed by atoms with Crippen molar-refractivity contribution in [2.24, 2.45) is 0 Å². The van der Waals surface area contributed by atoms with E-state index >= 15 is 0 Å². The SMILES string of the molecule is O=C(CNc1ccc(OC(F)F)cc1)NC(=O)NC1CCCC1. The van der Waals surface area contributed by atoms with Crippen molar-refractivity contribution in [2.75, 3.05) is 11.9 Å². The van der Waals surface area contributed by atoms with Crippen molar-refractivity contribution in [3.05, 3.63) is 24.3 Å². The minimum Gasteiger partial charge on any atom is -0.435 e. The Balaban J connectivity index is 1.70. The van der Waals surface area contributed by atoms with Gasteiger partial charge in [-0.3, -0.25) is 10.1 Å². The van der Waals surface area contributed by atoms with E-state index in [-0.39, 0.29) is 18.3 Å². The van der Waals surface area contributed by atoms with Crippen LogP contribution in [0.3, 0.4) is 0 Å². The Labute approximate surface area is 132 Å². The molecule has 3 amide bonds. The first kappa shape index (κ1) is 17.0. The Hall–Kier alpha value is -2.38. The molecular formula is C15H19F2N3O3. The van der Waals surface area contributed by atoms with Gasteiger partial charge in [0.1, 0.15) is 5.75 Å². The van der Waals surface area contributed by atoms with Gasteiger partial charge >= 0.3 is 12.6 Å². The van der Waals surface area contributed by atoms with Crippen LogP contribution < -0.4 is 20.7 Å². The maximum Gasteiger partial charge on any atom is 0.387 e. The summed E-state index contributed by atoms with van der Waals surface area (Å²) in [5, 5.41) is 7.78. The van der Waals surface area contributed by atoms with E-state index in [2.05, 4.69) is 20.7 Å². The molecule has 2 rings (SSSR count). The van der Waals surface area contributed by atoms with E-state index in [0.717, 1.165) is 25.7 Å². The maximum atomic E-state index is 12.0. The molecule has 1 aromatic rings. The number of nitrogens with one attached hydrogen (secondary N) is 3. The summed E-state index contributed by atoms with van der Waals surface area (Å²) in [6.07, 6.45) is 4.05. The van der Waals surface area contributed by atoms with Gasteiger partial charge in [-0.1, -0.05) is 12.8 Å². The van der Waals surface area contributed by atoms with Crippen LogP contribution in [0.2, 0.25) is 0 Å². The third-order valence-electron chi connectivity index (χ3n) is 3.48. The Morgan fingerprint density at radius 1 is 1.17 bits per heavy atom. The van der Waals surface area contributed by atoms with E-state index in [1.54, 1.807) is 0 Å². The van der Waals surface area contributed by atoms with Crippen molar-refractivity contribution in [1.82, 2.24) is 10.6 Å². The molecule has 1 aliphatic carbocycles. The average Bonchev–Trinajstić information content (AvgIpc) is 2.98. The van der Waals surface area contributed by atoms with Gasteiger partial charge in [-0.25, -0.2) is 4.79 Å². The van der Waals surface area contributed by atoms with Crippen LogP contribution in [0.5, 0.6) is 5.75 Å². The molecule has 1 fully saturated rings. The van der Waals surface area contributed by atoms with Gasteiger partial charge in [0.05, 0.1) is 6.54 Å². The molecular weight excluding hydrogens is 308 g/mol. The standard InChI is InChI=1S/C15H19F2N3O3/c16-14(17)23-12-7-5-10(6-8-12)18-9-13(21)20-15(22)19-11-3-1-2-4-11/h5-8,11,14,18H,1-4,9H2,(H2,19,20,21,22). The molecule has 1 aromatic carbocycles. The number of alkyl halides is 2. The highest BCUT2D eigenvalue weighted by Crippen LogP contribution is 2.18. The van der Waals surface area contributed by atoms with Crippen molar-refractivity contribution in [2.45, 2.75) is 38.3 Å². The maximum absolute atomic E-state index is 12.0. The molecule has 3 N–H and O–H groups in total. The molecule has 0 unspecified atom stereocenters. The van der Waals surface area contributed by atoms with Crippen molar-refractivity contribution in [1.29, 1.82) is 0 Å². The van der Waals surface area contributed by atoms with Crippen molar-refractivity contribution in [3.63, 3.8) is 0 Å². The minimum atomic E-state index is -2.88. The van der Waals surface area contributed by atoms with Crippen molar-refractivity contribution >= 4 is 17.6 Å². The predicted octanol–water partition coefficient (Wildman–Crippen LogP) is 2.47. The second-order valence-electron chi connectivity index (χ2n) is 5.26. The first-order valence-electron chi connectivity index (χ1n) is 7.42. The molecule has 0 radical (unpaired) electrons. The van der Waals surface area contributed by atoms with Gasteiger partial charge in [-0.15, -0.1) is 0 Å². The van der Waals surface area contributed by atoms with Crippen LogP contribution in [-0.4, -0.2) is 31.1 Å². The summed E-state index contributed by atoms with van der Waals surface area (Å²) in [5.74, 6) is -0.445. The Morgan fingerprint density at radius 2 is 1.83 bits per heavy atom. The Bertz CT molecular complexity index is 531. The first-order chi connectivity index (χ1) is 11.0. The quantitative estimate of drug-likeness (QED) is 0.750. The highest BCUT2D eigenvalue weighted by atomic mass is 19.3. The number of rotatable bonds is 6. The highest BCUT2D eigenvalue weighted by molar-refractivity contribution is 5.96. The molecule has 0 spiro atoms. The summed E-state index contributed by atoms with van der Waals surface area (Å²) in [6, 6.07) is 5.37. The van der Waals surface area contributed by atoms with Crippen LogP contribution in [0.4, 0.5) is 19.3 Å². The lowest BCUT2D eigenvalue weighted by Gasteiger charge is -2.12. The van der Waals surface area contributed by atoms with Crippen LogP contribution in [0.15, 0.2) is 24.3 Å². The van der Waals surface area contributed by atoms with Gasteiger partial charge < -0.3 is 15.4 Å². The summed E-state index contributed by atoms with van der Waals surface area (Å²) in [7, 11) is 0. The number of benzene rings is 1. The molecule has 126 valence electrons. The van der Waals surface area contributed by atoms with E-state index < -0.39 is 18.5 Å². The zero-order valence-electron chi connectivity index (χ0n) is 12.5. The van der Waals surface area contributed by atoms with E-state index in [1.807, 2.05) is 0 Å².